The normalized spacial score (nSPS) is 16.4. The molecule has 0 unspecified atom stereocenters. The lowest BCUT2D eigenvalue weighted by Crippen LogP contribution is -2.23. The van der Waals surface area contributed by atoms with Crippen molar-refractivity contribution in [3.05, 3.63) is 31.0 Å². The molecule has 2 N–H and O–H groups in total. The van der Waals surface area contributed by atoms with Gasteiger partial charge in [0.25, 0.3) is 0 Å². The summed E-state index contributed by atoms with van der Waals surface area (Å²) in [5.74, 6) is 0.874. The Morgan fingerprint density at radius 3 is 2.86 bits per heavy atom. The van der Waals surface area contributed by atoms with Crippen LogP contribution in [0.3, 0.4) is 0 Å². The third kappa shape index (κ3) is 2.26. The van der Waals surface area contributed by atoms with Crippen molar-refractivity contribution in [3.8, 4) is 11.3 Å². The number of imidazole rings is 1. The molecule has 0 spiro atoms. The number of rotatable bonds is 3. The molecule has 4 rings (SSSR count). The van der Waals surface area contributed by atoms with Crippen LogP contribution in [0.15, 0.2) is 31.0 Å². The predicted molar refractivity (Wildman–Crippen MR) is 81.1 cm³/mol. The van der Waals surface area contributed by atoms with Crippen molar-refractivity contribution in [3.63, 3.8) is 0 Å². The molecule has 1 fully saturated rings. The van der Waals surface area contributed by atoms with Crippen molar-refractivity contribution in [2.45, 2.75) is 38.1 Å². The molecule has 3 heterocycles. The van der Waals surface area contributed by atoms with Crippen LogP contribution in [0.2, 0.25) is 0 Å². The van der Waals surface area contributed by atoms with Gasteiger partial charge in [-0.05, 0) is 12.8 Å². The maximum Gasteiger partial charge on any atom is 0.180 e. The molecule has 0 atom stereocenters. The highest BCUT2D eigenvalue weighted by atomic mass is 15.1. The van der Waals surface area contributed by atoms with Gasteiger partial charge < -0.3 is 5.32 Å². The fraction of sp³-hybridized carbons (Fsp3) is 0.400. The van der Waals surface area contributed by atoms with Crippen LogP contribution in [0, 0.1) is 0 Å². The molecule has 21 heavy (non-hydrogen) atoms. The third-order valence-corrected chi connectivity index (χ3v) is 4.17. The molecule has 6 nitrogen and oxygen atoms in total. The van der Waals surface area contributed by atoms with Crippen LogP contribution in [0.25, 0.3) is 16.9 Å². The maximum absolute atomic E-state index is 4.54. The molecule has 3 aromatic heterocycles. The van der Waals surface area contributed by atoms with Crippen molar-refractivity contribution in [1.29, 1.82) is 0 Å². The number of anilines is 1. The zero-order chi connectivity index (χ0) is 14.1. The van der Waals surface area contributed by atoms with E-state index in [9.17, 15) is 0 Å². The molecule has 6 heteroatoms. The smallest absolute Gasteiger partial charge is 0.180 e. The average molecular weight is 282 g/mol. The minimum atomic E-state index is 0.520. The number of fused-ring (bicyclic) bond motifs is 1. The van der Waals surface area contributed by atoms with E-state index < -0.39 is 0 Å². The molecule has 0 bridgehead atoms. The molecule has 0 radical (unpaired) electrons. The third-order valence-electron chi connectivity index (χ3n) is 4.17. The summed E-state index contributed by atoms with van der Waals surface area (Å²) in [7, 11) is 0. The standard InChI is InChI=1S/C15H18N6/c1-2-4-12(5-3-1)20-14-15-17-10-13(11-8-18-19-9-11)21(15)7-6-16-14/h6-10,12H,1-5H2,(H,16,20)(H,18,19). The molecular formula is C15H18N6. The van der Waals surface area contributed by atoms with Crippen molar-refractivity contribution in [1.82, 2.24) is 24.6 Å². The number of nitrogens with one attached hydrogen (secondary N) is 2. The lowest BCUT2D eigenvalue weighted by atomic mass is 9.95. The van der Waals surface area contributed by atoms with Crippen LogP contribution in [-0.2, 0) is 0 Å². The lowest BCUT2D eigenvalue weighted by molar-refractivity contribution is 0.462. The van der Waals surface area contributed by atoms with Gasteiger partial charge in [0, 0.05) is 30.2 Å². The predicted octanol–water partition coefficient (Wildman–Crippen LogP) is 2.86. The highest BCUT2D eigenvalue weighted by Crippen LogP contribution is 2.25. The SMILES string of the molecule is c1cn2c(-c3cn[nH]c3)cnc2c(NC2CCCCC2)n1. The van der Waals surface area contributed by atoms with Crippen LogP contribution in [0.5, 0.6) is 0 Å². The zero-order valence-corrected chi connectivity index (χ0v) is 11.8. The molecule has 1 aliphatic carbocycles. The van der Waals surface area contributed by atoms with Crippen LogP contribution in [0.1, 0.15) is 32.1 Å². The summed E-state index contributed by atoms with van der Waals surface area (Å²) in [5, 5.41) is 10.4. The Labute approximate surface area is 122 Å². The summed E-state index contributed by atoms with van der Waals surface area (Å²) in [6, 6.07) is 0.520. The second kappa shape index (κ2) is 5.20. The van der Waals surface area contributed by atoms with Crippen molar-refractivity contribution in [2.75, 3.05) is 5.32 Å². The minimum absolute atomic E-state index is 0.520. The Morgan fingerprint density at radius 2 is 2.05 bits per heavy atom. The van der Waals surface area contributed by atoms with E-state index in [1.807, 2.05) is 24.8 Å². The fourth-order valence-electron chi connectivity index (χ4n) is 3.07. The highest BCUT2D eigenvalue weighted by molar-refractivity contribution is 5.70. The Kier molecular flexibility index (Phi) is 3.06. The Balaban J connectivity index is 1.70. The highest BCUT2D eigenvalue weighted by Gasteiger charge is 2.16. The van der Waals surface area contributed by atoms with Crippen molar-refractivity contribution >= 4 is 11.5 Å². The Bertz CT molecular complexity index is 724. The molecule has 0 amide bonds. The number of hydrogen-bond donors (Lipinski definition) is 2. The van der Waals surface area contributed by atoms with Gasteiger partial charge in [0.1, 0.15) is 0 Å². The minimum Gasteiger partial charge on any atom is -0.364 e. The summed E-state index contributed by atoms with van der Waals surface area (Å²) < 4.78 is 2.06. The summed E-state index contributed by atoms with van der Waals surface area (Å²) in [4.78, 5) is 9.01. The van der Waals surface area contributed by atoms with E-state index in [0.717, 1.165) is 22.7 Å². The van der Waals surface area contributed by atoms with E-state index in [0.29, 0.717) is 6.04 Å². The first-order chi connectivity index (χ1) is 10.4. The van der Waals surface area contributed by atoms with E-state index in [2.05, 4.69) is 29.9 Å². The first-order valence-corrected chi connectivity index (χ1v) is 7.49. The second-order valence-corrected chi connectivity index (χ2v) is 5.58. The summed E-state index contributed by atoms with van der Waals surface area (Å²) in [6.07, 6.45) is 15.7. The second-order valence-electron chi connectivity index (χ2n) is 5.58. The van der Waals surface area contributed by atoms with Gasteiger partial charge in [-0.3, -0.25) is 9.50 Å². The summed E-state index contributed by atoms with van der Waals surface area (Å²) >= 11 is 0. The van der Waals surface area contributed by atoms with Crippen LogP contribution in [0.4, 0.5) is 5.82 Å². The van der Waals surface area contributed by atoms with E-state index in [1.54, 1.807) is 6.20 Å². The summed E-state index contributed by atoms with van der Waals surface area (Å²) in [6.45, 7) is 0. The van der Waals surface area contributed by atoms with Gasteiger partial charge in [0.2, 0.25) is 0 Å². The number of aromatic amines is 1. The zero-order valence-electron chi connectivity index (χ0n) is 11.8. The van der Waals surface area contributed by atoms with Crippen LogP contribution < -0.4 is 5.32 Å². The van der Waals surface area contributed by atoms with Crippen LogP contribution >= 0.6 is 0 Å². The monoisotopic (exact) mass is 282 g/mol. The fourth-order valence-corrected chi connectivity index (χ4v) is 3.07. The van der Waals surface area contributed by atoms with Gasteiger partial charge >= 0.3 is 0 Å². The quantitative estimate of drug-likeness (QED) is 0.775. The lowest BCUT2D eigenvalue weighted by Gasteiger charge is -2.23. The first kappa shape index (κ1) is 12.4. The number of aromatic nitrogens is 5. The van der Waals surface area contributed by atoms with E-state index in [-0.39, 0.29) is 0 Å². The Hall–Kier alpha value is -2.37. The molecule has 3 aromatic rings. The Morgan fingerprint density at radius 1 is 1.14 bits per heavy atom. The molecular weight excluding hydrogens is 264 g/mol. The number of hydrogen-bond acceptors (Lipinski definition) is 4. The maximum atomic E-state index is 4.54. The van der Waals surface area contributed by atoms with Crippen molar-refractivity contribution < 1.29 is 0 Å². The topological polar surface area (TPSA) is 70.9 Å². The van der Waals surface area contributed by atoms with Gasteiger partial charge in [-0.15, -0.1) is 0 Å². The average Bonchev–Trinajstić information content (AvgIpc) is 3.17. The first-order valence-electron chi connectivity index (χ1n) is 7.49. The molecule has 0 aromatic carbocycles. The van der Waals surface area contributed by atoms with Crippen LogP contribution in [-0.4, -0.2) is 30.6 Å². The summed E-state index contributed by atoms with van der Waals surface area (Å²) in [5.41, 5.74) is 2.92. The van der Waals surface area contributed by atoms with Gasteiger partial charge in [0.15, 0.2) is 11.5 Å². The molecule has 1 aliphatic rings. The molecule has 0 aliphatic heterocycles. The molecule has 0 saturated heterocycles. The van der Waals surface area contributed by atoms with E-state index in [1.165, 1.54) is 32.1 Å². The number of H-pyrrole nitrogens is 1. The number of nitrogens with zero attached hydrogens (tertiary/aromatic N) is 4. The largest absolute Gasteiger partial charge is 0.364 e. The molecule has 1 saturated carbocycles. The van der Waals surface area contributed by atoms with E-state index >= 15 is 0 Å². The van der Waals surface area contributed by atoms with Crippen molar-refractivity contribution in [2.24, 2.45) is 0 Å². The van der Waals surface area contributed by atoms with Gasteiger partial charge in [0.05, 0.1) is 18.1 Å². The van der Waals surface area contributed by atoms with Gasteiger partial charge in [-0.25, -0.2) is 9.97 Å². The molecule has 108 valence electrons. The van der Waals surface area contributed by atoms with E-state index in [4.69, 9.17) is 0 Å². The van der Waals surface area contributed by atoms with Gasteiger partial charge in [-0.1, -0.05) is 19.3 Å². The van der Waals surface area contributed by atoms with Gasteiger partial charge in [-0.2, -0.15) is 5.10 Å².